The van der Waals surface area contributed by atoms with Crippen LogP contribution in [0.3, 0.4) is 0 Å². The van der Waals surface area contributed by atoms with Crippen LogP contribution < -0.4 is 5.32 Å². The van der Waals surface area contributed by atoms with Crippen molar-refractivity contribution in [2.24, 2.45) is 5.92 Å². The molecule has 0 saturated carbocycles. The normalized spacial score (nSPS) is 20.5. The van der Waals surface area contributed by atoms with Crippen molar-refractivity contribution >= 4 is 5.91 Å². The van der Waals surface area contributed by atoms with Gasteiger partial charge in [-0.1, -0.05) is 12.8 Å². The molecule has 1 heterocycles. The smallest absolute Gasteiger partial charge is 0.223 e. The van der Waals surface area contributed by atoms with Gasteiger partial charge in [-0.05, 0) is 45.7 Å². The number of aliphatic hydroxyl groups excluding tert-OH is 1. The molecule has 1 fully saturated rings. The molecule has 0 spiro atoms. The Morgan fingerprint density at radius 2 is 2.16 bits per heavy atom. The van der Waals surface area contributed by atoms with Gasteiger partial charge in [0.1, 0.15) is 0 Å². The molecule has 1 saturated heterocycles. The zero-order valence-corrected chi connectivity index (χ0v) is 12.1. The highest BCUT2D eigenvalue weighted by molar-refractivity contribution is 5.79. The van der Waals surface area contributed by atoms with Gasteiger partial charge in [-0.3, -0.25) is 9.69 Å². The Labute approximate surface area is 116 Å². The number of likely N-dealkylation sites (tertiary alicyclic amines) is 1. The first-order valence-electron chi connectivity index (χ1n) is 7.13. The van der Waals surface area contributed by atoms with E-state index in [1.54, 1.807) is 0 Å². The number of aliphatic hydroxyl groups is 1. The number of carbonyl (C=O) groups is 1. The fourth-order valence-corrected chi connectivity index (χ4v) is 2.46. The minimum atomic E-state index is -0.290. The van der Waals surface area contributed by atoms with Crippen molar-refractivity contribution in [2.45, 2.75) is 45.1 Å². The Balaban J connectivity index is 2.45. The third kappa shape index (κ3) is 4.85. The van der Waals surface area contributed by atoms with Gasteiger partial charge in [0, 0.05) is 18.1 Å². The monoisotopic (exact) mass is 266 g/mol. The molecule has 0 aliphatic carbocycles. The average molecular weight is 266 g/mol. The molecule has 1 aliphatic heterocycles. The van der Waals surface area contributed by atoms with Crippen LogP contribution in [0.4, 0.5) is 0 Å². The minimum Gasteiger partial charge on any atom is -0.396 e. The highest BCUT2D eigenvalue weighted by Crippen LogP contribution is 2.20. The molecule has 2 N–H and O–H groups in total. The second kappa shape index (κ2) is 7.52. The predicted molar refractivity (Wildman–Crippen MR) is 76.5 cm³/mol. The lowest BCUT2D eigenvalue weighted by Crippen LogP contribution is -2.50. The molecule has 4 nitrogen and oxygen atoms in total. The minimum absolute atomic E-state index is 0.0820. The number of piperidine rings is 1. The van der Waals surface area contributed by atoms with Crippen LogP contribution in [-0.4, -0.2) is 47.7 Å². The zero-order valence-electron chi connectivity index (χ0n) is 12.1. The Hall–Kier alpha value is -1.05. The van der Waals surface area contributed by atoms with Crippen LogP contribution in [0.15, 0.2) is 0 Å². The van der Waals surface area contributed by atoms with Gasteiger partial charge in [-0.25, -0.2) is 0 Å². The molecule has 1 atom stereocenters. The number of amides is 1. The molecule has 19 heavy (non-hydrogen) atoms. The number of hydrogen-bond acceptors (Lipinski definition) is 3. The van der Waals surface area contributed by atoms with Crippen LogP contribution in [-0.2, 0) is 4.79 Å². The molecule has 0 aromatic rings. The van der Waals surface area contributed by atoms with E-state index in [1.807, 2.05) is 13.8 Å². The van der Waals surface area contributed by atoms with E-state index in [-0.39, 0.29) is 24.0 Å². The Kier molecular flexibility index (Phi) is 6.33. The first kappa shape index (κ1) is 16.0. The first-order chi connectivity index (χ1) is 9.04. The lowest BCUT2D eigenvalue weighted by molar-refractivity contribution is -0.128. The van der Waals surface area contributed by atoms with E-state index in [0.717, 1.165) is 32.4 Å². The topological polar surface area (TPSA) is 52.6 Å². The van der Waals surface area contributed by atoms with Gasteiger partial charge in [0.15, 0.2) is 0 Å². The molecule has 0 bridgehead atoms. The molecule has 1 aliphatic rings. The SMILES string of the molecule is C#CCN1CCC(C(=O)NC(C)(CC)CCO)CC1. The lowest BCUT2D eigenvalue weighted by atomic mass is 9.91. The van der Waals surface area contributed by atoms with Gasteiger partial charge in [-0.15, -0.1) is 6.42 Å². The van der Waals surface area contributed by atoms with E-state index in [2.05, 4.69) is 16.1 Å². The summed E-state index contributed by atoms with van der Waals surface area (Å²) in [6.07, 6.45) is 8.46. The van der Waals surface area contributed by atoms with Gasteiger partial charge in [0.25, 0.3) is 0 Å². The second-order valence-corrected chi connectivity index (χ2v) is 5.63. The van der Waals surface area contributed by atoms with E-state index in [9.17, 15) is 4.79 Å². The van der Waals surface area contributed by atoms with Gasteiger partial charge >= 0.3 is 0 Å². The van der Waals surface area contributed by atoms with E-state index >= 15 is 0 Å². The highest BCUT2D eigenvalue weighted by atomic mass is 16.3. The summed E-state index contributed by atoms with van der Waals surface area (Å²) < 4.78 is 0. The van der Waals surface area contributed by atoms with Crippen LogP contribution in [0.5, 0.6) is 0 Å². The summed E-state index contributed by atoms with van der Waals surface area (Å²) in [5.41, 5.74) is -0.290. The van der Waals surface area contributed by atoms with Crippen LogP contribution in [0.2, 0.25) is 0 Å². The molecular formula is C15H26N2O2. The van der Waals surface area contributed by atoms with Crippen LogP contribution >= 0.6 is 0 Å². The summed E-state index contributed by atoms with van der Waals surface area (Å²) in [4.78, 5) is 14.5. The van der Waals surface area contributed by atoms with Gasteiger partial charge in [-0.2, -0.15) is 0 Å². The number of rotatable bonds is 6. The fourth-order valence-electron chi connectivity index (χ4n) is 2.46. The maximum atomic E-state index is 12.3. The number of hydrogen-bond donors (Lipinski definition) is 2. The van der Waals surface area contributed by atoms with Crippen molar-refractivity contribution in [3.8, 4) is 12.3 Å². The molecule has 1 rings (SSSR count). The molecule has 1 amide bonds. The molecule has 4 heteroatoms. The molecule has 0 aromatic heterocycles. The van der Waals surface area contributed by atoms with E-state index in [4.69, 9.17) is 11.5 Å². The summed E-state index contributed by atoms with van der Waals surface area (Å²) in [7, 11) is 0. The molecule has 0 aromatic carbocycles. The van der Waals surface area contributed by atoms with Crippen molar-refractivity contribution in [3.05, 3.63) is 0 Å². The van der Waals surface area contributed by atoms with Crippen molar-refractivity contribution in [1.82, 2.24) is 10.2 Å². The van der Waals surface area contributed by atoms with Crippen LogP contribution in [0.25, 0.3) is 0 Å². The highest BCUT2D eigenvalue weighted by Gasteiger charge is 2.30. The Morgan fingerprint density at radius 3 is 2.63 bits per heavy atom. The summed E-state index contributed by atoms with van der Waals surface area (Å²) in [6, 6.07) is 0. The summed E-state index contributed by atoms with van der Waals surface area (Å²) in [5.74, 6) is 2.85. The summed E-state index contributed by atoms with van der Waals surface area (Å²) >= 11 is 0. The molecule has 1 unspecified atom stereocenters. The van der Waals surface area contributed by atoms with Gasteiger partial charge in [0.2, 0.25) is 5.91 Å². The number of nitrogens with zero attached hydrogens (tertiary/aromatic N) is 1. The van der Waals surface area contributed by atoms with Crippen molar-refractivity contribution in [2.75, 3.05) is 26.2 Å². The van der Waals surface area contributed by atoms with Crippen molar-refractivity contribution < 1.29 is 9.90 Å². The average Bonchev–Trinajstić information content (AvgIpc) is 2.40. The fraction of sp³-hybridized carbons (Fsp3) is 0.800. The van der Waals surface area contributed by atoms with Crippen molar-refractivity contribution in [1.29, 1.82) is 0 Å². The van der Waals surface area contributed by atoms with Crippen LogP contribution in [0, 0.1) is 18.3 Å². The van der Waals surface area contributed by atoms with Gasteiger partial charge < -0.3 is 10.4 Å². The number of terminal acetylenes is 1. The zero-order chi connectivity index (χ0) is 14.3. The maximum Gasteiger partial charge on any atom is 0.223 e. The predicted octanol–water partition coefficient (Wildman–Crippen LogP) is 0.999. The van der Waals surface area contributed by atoms with Crippen LogP contribution in [0.1, 0.15) is 39.5 Å². The number of carbonyl (C=O) groups excluding carboxylic acids is 1. The maximum absolute atomic E-state index is 12.3. The van der Waals surface area contributed by atoms with E-state index in [1.165, 1.54) is 0 Å². The Bertz CT molecular complexity index is 330. The summed E-state index contributed by atoms with van der Waals surface area (Å²) in [6.45, 7) is 6.59. The second-order valence-electron chi connectivity index (χ2n) is 5.63. The summed E-state index contributed by atoms with van der Waals surface area (Å²) in [5, 5.41) is 12.2. The third-order valence-electron chi connectivity index (χ3n) is 4.14. The Morgan fingerprint density at radius 1 is 1.53 bits per heavy atom. The molecule has 108 valence electrons. The van der Waals surface area contributed by atoms with Crippen molar-refractivity contribution in [3.63, 3.8) is 0 Å². The third-order valence-corrected chi connectivity index (χ3v) is 4.14. The molecule has 0 radical (unpaired) electrons. The van der Waals surface area contributed by atoms with E-state index in [0.29, 0.717) is 13.0 Å². The first-order valence-corrected chi connectivity index (χ1v) is 7.13. The van der Waals surface area contributed by atoms with E-state index < -0.39 is 0 Å². The number of nitrogens with one attached hydrogen (secondary N) is 1. The molecular weight excluding hydrogens is 240 g/mol. The lowest BCUT2D eigenvalue weighted by Gasteiger charge is -2.34. The quantitative estimate of drug-likeness (QED) is 0.705. The largest absolute Gasteiger partial charge is 0.396 e. The standard InChI is InChI=1S/C15H26N2O2/c1-4-9-17-10-6-13(7-11-17)14(19)16-15(3,5-2)8-12-18/h1,13,18H,5-12H2,2-3H3,(H,16,19). The van der Waals surface area contributed by atoms with Gasteiger partial charge in [0.05, 0.1) is 6.54 Å².